The number of carbonyl (C=O) groups excluding carboxylic acids is 1. The number of aryl methyl sites for hydroxylation is 1. The third-order valence-corrected chi connectivity index (χ3v) is 7.59. The molecule has 0 saturated heterocycles. The molecule has 204 valence electrons. The summed E-state index contributed by atoms with van der Waals surface area (Å²) in [7, 11) is 0. The number of imidazole rings is 1. The fourth-order valence-corrected chi connectivity index (χ4v) is 5.57. The molecule has 1 aliphatic carbocycles. The number of nitrogens with zero attached hydrogens (tertiary/aromatic N) is 4. The van der Waals surface area contributed by atoms with Crippen LogP contribution in [0.2, 0.25) is 0 Å². The van der Waals surface area contributed by atoms with Crippen molar-refractivity contribution >= 4 is 11.6 Å². The van der Waals surface area contributed by atoms with Gasteiger partial charge in [-0.15, -0.1) is 0 Å². The number of rotatable bonds is 8. The molecular weight excluding hydrogens is 502 g/mol. The molecular formula is C30H32F2N4O3. The van der Waals surface area contributed by atoms with Crippen LogP contribution in [0.15, 0.2) is 55.0 Å². The lowest BCUT2D eigenvalue weighted by atomic mass is 9.74. The maximum absolute atomic E-state index is 12.9. The van der Waals surface area contributed by atoms with Crippen LogP contribution < -0.4 is 4.74 Å². The van der Waals surface area contributed by atoms with Gasteiger partial charge in [0.2, 0.25) is 0 Å². The second-order valence-electron chi connectivity index (χ2n) is 10.1. The first-order valence-corrected chi connectivity index (χ1v) is 13.3. The predicted molar refractivity (Wildman–Crippen MR) is 143 cm³/mol. The number of esters is 1. The van der Waals surface area contributed by atoms with Gasteiger partial charge in [-0.05, 0) is 57.2 Å². The van der Waals surface area contributed by atoms with Crippen LogP contribution in [-0.4, -0.2) is 38.5 Å². The lowest BCUT2D eigenvalue weighted by Crippen LogP contribution is -2.28. The fourth-order valence-electron chi connectivity index (χ4n) is 5.57. The summed E-state index contributed by atoms with van der Waals surface area (Å²) in [6, 6.07) is 10.7. The summed E-state index contributed by atoms with van der Waals surface area (Å²) in [6.45, 7) is 3.41. The van der Waals surface area contributed by atoms with Crippen molar-refractivity contribution in [1.82, 2.24) is 19.4 Å². The molecule has 5 rings (SSSR count). The van der Waals surface area contributed by atoms with Crippen molar-refractivity contribution in [2.45, 2.75) is 59.0 Å². The SMILES string of the molecule is CCOC(=O)C1CCC(c2ncc(-c3ccc4nc(C)c(Cc5ccccc5OC(F)F)n4c3)cn2)C(C)C1. The molecule has 3 unspecified atom stereocenters. The van der Waals surface area contributed by atoms with E-state index in [1.807, 2.05) is 49.0 Å². The van der Waals surface area contributed by atoms with Gasteiger partial charge in [-0.2, -0.15) is 8.78 Å². The quantitative estimate of drug-likeness (QED) is 0.244. The Bertz CT molecular complexity index is 1450. The third kappa shape index (κ3) is 5.77. The zero-order valence-electron chi connectivity index (χ0n) is 22.3. The van der Waals surface area contributed by atoms with E-state index in [1.54, 1.807) is 24.3 Å². The summed E-state index contributed by atoms with van der Waals surface area (Å²) in [4.78, 5) is 26.3. The molecule has 9 heteroatoms. The minimum absolute atomic E-state index is 0.0519. The molecule has 0 aliphatic heterocycles. The highest BCUT2D eigenvalue weighted by molar-refractivity contribution is 5.72. The number of carbonyl (C=O) groups is 1. The van der Waals surface area contributed by atoms with Crippen LogP contribution >= 0.6 is 0 Å². The zero-order valence-corrected chi connectivity index (χ0v) is 22.3. The summed E-state index contributed by atoms with van der Waals surface area (Å²) in [5.74, 6) is 1.28. The Hall–Kier alpha value is -3.88. The largest absolute Gasteiger partial charge is 0.466 e. The lowest BCUT2D eigenvalue weighted by molar-refractivity contribution is -0.149. The maximum Gasteiger partial charge on any atom is 0.387 e. The number of fused-ring (bicyclic) bond motifs is 1. The predicted octanol–water partition coefficient (Wildman–Crippen LogP) is 6.37. The summed E-state index contributed by atoms with van der Waals surface area (Å²) in [5, 5.41) is 0. The molecule has 0 bridgehead atoms. The molecule has 0 N–H and O–H groups in total. The van der Waals surface area contributed by atoms with E-state index in [2.05, 4.69) is 11.9 Å². The third-order valence-electron chi connectivity index (χ3n) is 7.59. The van der Waals surface area contributed by atoms with E-state index in [4.69, 9.17) is 19.4 Å². The van der Waals surface area contributed by atoms with E-state index in [1.165, 1.54) is 0 Å². The highest BCUT2D eigenvalue weighted by Gasteiger charge is 2.34. The van der Waals surface area contributed by atoms with Crippen LogP contribution in [0.4, 0.5) is 8.78 Å². The molecule has 39 heavy (non-hydrogen) atoms. The van der Waals surface area contributed by atoms with Crippen LogP contribution in [0.3, 0.4) is 0 Å². The van der Waals surface area contributed by atoms with Gasteiger partial charge < -0.3 is 13.9 Å². The summed E-state index contributed by atoms with van der Waals surface area (Å²) in [5.41, 5.74) is 4.92. The number of ether oxygens (including phenoxy) is 2. The number of hydrogen-bond acceptors (Lipinski definition) is 6. The molecule has 1 saturated carbocycles. The van der Waals surface area contributed by atoms with E-state index >= 15 is 0 Å². The molecule has 1 aliphatic rings. The molecule has 3 aromatic heterocycles. The highest BCUT2D eigenvalue weighted by Crippen LogP contribution is 2.39. The summed E-state index contributed by atoms with van der Waals surface area (Å²) >= 11 is 0. The van der Waals surface area contributed by atoms with Gasteiger partial charge >= 0.3 is 12.6 Å². The topological polar surface area (TPSA) is 78.6 Å². The van der Waals surface area contributed by atoms with Gasteiger partial charge in [-0.25, -0.2) is 15.0 Å². The Morgan fingerprint density at radius 2 is 1.87 bits per heavy atom. The minimum atomic E-state index is -2.89. The molecule has 7 nitrogen and oxygen atoms in total. The number of aromatic nitrogens is 4. The van der Waals surface area contributed by atoms with Crippen LogP contribution in [0.1, 0.15) is 61.8 Å². The van der Waals surface area contributed by atoms with Gasteiger partial charge in [-0.1, -0.05) is 25.1 Å². The van der Waals surface area contributed by atoms with Crippen molar-refractivity contribution in [2.24, 2.45) is 11.8 Å². The Labute approximate surface area is 226 Å². The van der Waals surface area contributed by atoms with E-state index in [9.17, 15) is 13.6 Å². The number of alkyl halides is 2. The van der Waals surface area contributed by atoms with Crippen LogP contribution in [-0.2, 0) is 16.0 Å². The molecule has 1 fully saturated rings. The minimum Gasteiger partial charge on any atom is -0.466 e. The van der Waals surface area contributed by atoms with Gasteiger partial charge in [-0.3, -0.25) is 4.79 Å². The average Bonchev–Trinajstić information content (AvgIpc) is 3.23. The molecule has 4 aromatic rings. The first kappa shape index (κ1) is 26.7. The van der Waals surface area contributed by atoms with Crippen molar-refractivity contribution in [2.75, 3.05) is 6.61 Å². The first-order chi connectivity index (χ1) is 18.8. The average molecular weight is 535 g/mol. The van der Waals surface area contributed by atoms with E-state index in [0.717, 1.165) is 53.2 Å². The van der Waals surface area contributed by atoms with E-state index < -0.39 is 6.61 Å². The summed E-state index contributed by atoms with van der Waals surface area (Å²) in [6.07, 6.45) is 8.45. The van der Waals surface area contributed by atoms with Crippen molar-refractivity contribution in [1.29, 1.82) is 0 Å². The second-order valence-corrected chi connectivity index (χ2v) is 10.1. The number of para-hydroxylation sites is 1. The molecule has 0 radical (unpaired) electrons. The molecule has 1 aromatic carbocycles. The smallest absolute Gasteiger partial charge is 0.387 e. The van der Waals surface area contributed by atoms with Crippen LogP contribution in [0.5, 0.6) is 5.75 Å². The van der Waals surface area contributed by atoms with Gasteiger partial charge in [0.05, 0.1) is 18.2 Å². The van der Waals surface area contributed by atoms with Crippen molar-refractivity contribution < 1.29 is 23.0 Å². The zero-order chi connectivity index (χ0) is 27.5. The summed E-state index contributed by atoms with van der Waals surface area (Å²) < 4.78 is 37.8. The monoisotopic (exact) mass is 534 g/mol. The normalized spacial score (nSPS) is 19.4. The highest BCUT2D eigenvalue weighted by atomic mass is 19.3. The lowest BCUT2D eigenvalue weighted by Gasteiger charge is -2.32. The van der Waals surface area contributed by atoms with Gasteiger partial charge in [0.15, 0.2) is 0 Å². The number of halogens is 2. The maximum atomic E-state index is 12.9. The standard InChI is InChI=1S/C30H32F2N4O3/c1-4-38-29(37)21-9-11-24(18(2)13-21)28-33-15-23(16-34-28)22-10-12-27-35-19(3)25(36(27)17-22)14-20-7-5-6-8-26(20)39-30(31)32/h5-8,10,12,15-18,21,24,30H,4,9,11,13-14H2,1-3H3. The fraction of sp³-hybridized carbons (Fsp3) is 0.400. The Morgan fingerprint density at radius 3 is 2.59 bits per heavy atom. The van der Waals surface area contributed by atoms with E-state index in [-0.39, 0.29) is 29.5 Å². The van der Waals surface area contributed by atoms with Crippen molar-refractivity contribution in [3.05, 3.63) is 77.8 Å². The van der Waals surface area contributed by atoms with Gasteiger partial charge in [0.1, 0.15) is 17.2 Å². The van der Waals surface area contributed by atoms with Gasteiger partial charge in [0, 0.05) is 53.3 Å². The second kappa shape index (κ2) is 11.5. The van der Waals surface area contributed by atoms with Crippen molar-refractivity contribution in [3.8, 4) is 16.9 Å². The van der Waals surface area contributed by atoms with Crippen molar-refractivity contribution in [3.63, 3.8) is 0 Å². The van der Waals surface area contributed by atoms with Gasteiger partial charge in [0.25, 0.3) is 0 Å². The molecule has 0 amide bonds. The van der Waals surface area contributed by atoms with E-state index in [0.29, 0.717) is 18.6 Å². The number of benzene rings is 1. The van der Waals surface area contributed by atoms with Crippen LogP contribution in [0, 0.1) is 18.8 Å². The van der Waals surface area contributed by atoms with Crippen LogP contribution in [0.25, 0.3) is 16.8 Å². The Kier molecular flexibility index (Phi) is 7.86. The Morgan fingerprint density at radius 1 is 1.10 bits per heavy atom. The Balaban J connectivity index is 1.37. The number of hydrogen-bond donors (Lipinski definition) is 0. The molecule has 3 heterocycles. The molecule has 3 atom stereocenters. The molecule has 0 spiro atoms. The number of pyridine rings is 1. The first-order valence-electron chi connectivity index (χ1n) is 13.3.